The lowest BCUT2D eigenvalue weighted by Gasteiger charge is -2.25. The molecule has 1 aliphatic rings. The summed E-state index contributed by atoms with van der Waals surface area (Å²) in [7, 11) is -3.52. The maximum Gasteiger partial charge on any atom is 0.244 e. The normalized spacial score (nSPS) is 17.2. The second-order valence-corrected chi connectivity index (χ2v) is 9.52. The van der Waals surface area contributed by atoms with Gasteiger partial charge in [-0.1, -0.05) is 18.2 Å². The summed E-state index contributed by atoms with van der Waals surface area (Å²) >= 11 is 1.25. The number of piperidine rings is 1. The first-order chi connectivity index (χ1) is 12.4. The van der Waals surface area contributed by atoms with Crippen LogP contribution in [0.3, 0.4) is 0 Å². The van der Waals surface area contributed by atoms with Gasteiger partial charge in [0.2, 0.25) is 10.0 Å². The summed E-state index contributed by atoms with van der Waals surface area (Å²) in [5.41, 5.74) is 0.252. The van der Waals surface area contributed by atoms with E-state index in [0.717, 1.165) is 31.4 Å². The standard InChI is InChI=1S/C18H20F2N2O2S2/c1-13(16-11-14(19)5-7-17(16)20)25-18-8-6-15(12-21-18)26(23,24)22-9-3-2-4-10-22/h5-8,11-13H,2-4,9-10H2,1H3. The Morgan fingerprint density at radius 1 is 1.12 bits per heavy atom. The maximum atomic E-state index is 13.9. The fraction of sp³-hybridized carbons (Fsp3) is 0.389. The smallest absolute Gasteiger partial charge is 0.244 e. The minimum atomic E-state index is -3.52. The monoisotopic (exact) mass is 398 g/mol. The molecule has 0 bridgehead atoms. The molecule has 8 heteroatoms. The molecule has 140 valence electrons. The Labute approximate surface area is 156 Å². The molecule has 1 aliphatic heterocycles. The minimum Gasteiger partial charge on any atom is -0.249 e. The second-order valence-electron chi connectivity index (χ2n) is 6.22. The van der Waals surface area contributed by atoms with Gasteiger partial charge in [-0.2, -0.15) is 4.31 Å². The first-order valence-electron chi connectivity index (χ1n) is 8.46. The van der Waals surface area contributed by atoms with E-state index in [9.17, 15) is 17.2 Å². The summed E-state index contributed by atoms with van der Waals surface area (Å²) in [6.07, 6.45) is 4.13. The highest BCUT2D eigenvalue weighted by atomic mass is 32.2. The Morgan fingerprint density at radius 3 is 2.50 bits per heavy atom. The van der Waals surface area contributed by atoms with Crippen LogP contribution < -0.4 is 0 Å². The molecular weight excluding hydrogens is 378 g/mol. The molecule has 1 atom stereocenters. The van der Waals surface area contributed by atoms with Crippen LogP contribution in [0.2, 0.25) is 0 Å². The second kappa shape index (κ2) is 8.02. The number of nitrogens with zero attached hydrogens (tertiary/aromatic N) is 2. The summed E-state index contributed by atoms with van der Waals surface area (Å²) < 4.78 is 53.9. The molecule has 1 saturated heterocycles. The third-order valence-electron chi connectivity index (χ3n) is 4.36. The van der Waals surface area contributed by atoms with Gasteiger partial charge >= 0.3 is 0 Å². The lowest BCUT2D eigenvalue weighted by atomic mass is 10.1. The molecule has 0 N–H and O–H groups in total. The fourth-order valence-electron chi connectivity index (χ4n) is 2.91. The van der Waals surface area contributed by atoms with E-state index < -0.39 is 21.7 Å². The van der Waals surface area contributed by atoms with Gasteiger partial charge in [0.15, 0.2) is 0 Å². The van der Waals surface area contributed by atoms with Crippen molar-refractivity contribution in [3.8, 4) is 0 Å². The SMILES string of the molecule is CC(Sc1ccc(S(=O)(=O)N2CCCCC2)cn1)c1cc(F)ccc1F. The number of hydrogen-bond donors (Lipinski definition) is 0. The van der Waals surface area contributed by atoms with E-state index in [1.54, 1.807) is 13.0 Å². The highest BCUT2D eigenvalue weighted by Crippen LogP contribution is 2.35. The number of aromatic nitrogens is 1. The van der Waals surface area contributed by atoms with Gasteiger partial charge in [-0.25, -0.2) is 22.2 Å². The number of halogens is 2. The molecule has 2 heterocycles. The van der Waals surface area contributed by atoms with Gasteiger partial charge in [0.05, 0.1) is 5.03 Å². The maximum absolute atomic E-state index is 13.9. The van der Waals surface area contributed by atoms with E-state index in [1.807, 2.05) is 0 Å². The molecule has 0 spiro atoms. The summed E-state index contributed by atoms with van der Waals surface area (Å²) in [4.78, 5) is 4.36. The average Bonchev–Trinajstić information content (AvgIpc) is 2.65. The Bertz CT molecular complexity index is 867. The van der Waals surface area contributed by atoms with Gasteiger partial charge in [-0.15, -0.1) is 0 Å². The number of hydrogen-bond acceptors (Lipinski definition) is 4. The van der Waals surface area contributed by atoms with Crippen molar-refractivity contribution in [3.05, 3.63) is 53.7 Å². The minimum absolute atomic E-state index is 0.160. The molecule has 26 heavy (non-hydrogen) atoms. The van der Waals surface area contributed by atoms with Crippen LogP contribution in [-0.4, -0.2) is 30.8 Å². The molecule has 1 fully saturated rings. The molecule has 0 aliphatic carbocycles. The van der Waals surface area contributed by atoms with Crippen molar-refractivity contribution in [2.24, 2.45) is 0 Å². The third-order valence-corrected chi connectivity index (χ3v) is 7.33. The largest absolute Gasteiger partial charge is 0.249 e. The molecule has 0 radical (unpaired) electrons. The van der Waals surface area contributed by atoms with Gasteiger partial charge in [-0.05, 0) is 50.1 Å². The van der Waals surface area contributed by atoms with Crippen LogP contribution in [0.5, 0.6) is 0 Å². The lowest BCUT2D eigenvalue weighted by molar-refractivity contribution is 0.346. The molecule has 1 unspecified atom stereocenters. The van der Waals surface area contributed by atoms with Crippen molar-refractivity contribution < 1.29 is 17.2 Å². The van der Waals surface area contributed by atoms with E-state index in [2.05, 4.69) is 4.98 Å². The van der Waals surface area contributed by atoms with Crippen LogP contribution in [0.1, 0.15) is 37.0 Å². The zero-order valence-electron chi connectivity index (χ0n) is 14.4. The lowest BCUT2D eigenvalue weighted by Crippen LogP contribution is -2.35. The predicted molar refractivity (Wildman–Crippen MR) is 97.5 cm³/mol. The Balaban J connectivity index is 1.74. The van der Waals surface area contributed by atoms with Gasteiger partial charge in [0.25, 0.3) is 0 Å². The Hall–Kier alpha value is -1.51. The van der Waals surface area contributed by atoms with Crippen LogP contribution in [-0.2, 0) is 10.0 Å². The zero-order valence-corrected chi connectivity index (χ0v) is 16.0. The van der Waals surface area contributed by atoms with E-state index in [-0.39, 0.29) is 15.7 Å². The highest BCUT2D eigenvalue weighted by molar-refractivity contribution is 7.99. The number of sulfonamides is 1. The van der Waals surface area contributed by atoms with Gasteiger partial charge < -0.3 is 0 Å². The van der Waals surface area contributed by atoms with Gasteiger partial charge in [0.1, 0.15) is 16.5 Å². The van der Waals surface area contributed by atoms with E-state index in [4.69, 9.17) is 0 Å². The van der Waals surface area contributed by atoms with Crippen LogP contribution in [0.15, 0.2) is 46.5 Å². The van der Waals surface area contributed by atoms with Gasteiger partial charge in [-0.3, -0.25) is 0 Å². The summed E-state index contributed by atoms with van der Waals surface area (Å²) in [5.74, 6) is -0.972. The molecule has 2 aromatic rings. The predicted octanol–water partition coefficient (Wildman–Crippen LogP) is 4.39. The van der Waals surface area contributed by atoms with E-state index >= 15 is 0 Å². The molecule has 1 aromatic carbocycles. The zero-order chi connectivity index (χ0) is 18.7. The first-order valence-corrected chi connectivity index (χ1v) is 10.8. The van der Waals surface area contributed by atoms with Crippen LogP contribution in [0.4, 0.5) is 8.78 Å². The van der Waals surface area contributed by atoms with Crippen molar-refractivity contribution >= 4 is 21.8 Å². The van der Waals surface area contributed by atoms with Crippen molar-refractivity contribution in [2.75, 3.05) is 13.1 Å². The average molecular weight is 398 g/mol. The summed E-state index contributed by atoms with van der Waals surface area (Å²) in [6, 6.07) is 6.48. The molecule has 1 aromatic heterocycles. The van der Waals surface area contributed by atoms with Crippen molar-refractivity contribution in [1.82, 2.24) is 9.29 Å². The van der Waals surface area contributed by atoms with Crippen molar-refractivity contribution in [3.63, 3.8) is 0 Å². The first kappa shape index (κ1) is 19.3. The van der Waals surface area contributed by atoms with Gasteiger partial charge in [0, 0.05) is 30.1 Å². The summed E-state index contributed by atoms with van der Waals surface area (Å²) in [5, 5.41) is 0.196. The Morgan fingerprint density at radius 2 is 1.85 bits per heavy atom. The van der Waals surface area contributed by atoms with Crippen molar-refractivity contribution in [1.29, 1.82) is 0 Å². The van der Waals surface area contributed by atoms with E-state index in [1.165, 1.54) is 34.4 Å². The van der Waals surface area contributed by atoms with Crippen LogP contribution in [0, 0.1) is 11.6 Å². The number of benzene rings is 1. The molecular formula is C18H20F2N2O2S2. The summed E-state index contributed by atoms with van der Waals surface area (Å²) in [6.45, 7) is 2.83. The molecule has 0 saturated carbocycles. The Kier molecular flexibility index (Phi) is 5.94. The fourth-order valence-corrected chi connectivity index (χ4v) is 5.31. The number of rotatable bonds is 5. The topological polar surface area (TPSA) is 50.3 Å². The molecule has 0 amide bonds. The highest BCUT2D eigenvalue weighted by Gasteiger charge is 2.26. The molecule has 3 rings (SSSR count). The quantitative estimate of drug-likeness (QED) is 0.701. The number of thioether (sulfide) groups is 1. The van der Waals surface area contributed by atoms with Crippen LogP contribution >= 0.6 is 11.8 Å². The third kappa shape index (κ3) is 4.24. The van der Waals surface area contributed by atoms with Crippen molar-refractivity contribution in [2.45, 2.75) is 41.4 Å². The van der Waals surface area contributed by atoms with E-state index in [0.29, 0.717) is 18.1 Å². The number of pyridine rings is 1. The molecule has 4 nitrogen and oxygen atoms in total. The van der Waals surface area contributed by atoms with Crippen LogP contribution in [0.25, 0.3) is 0 Å².